The quantitative estimate of drug-likeness (QED) is 0.637. The van der Waals surface area contributed by atoms with E-state index in [9.17, 15) is 0 Å². The summed E-state index contributed by atoms with van der Waals surface area (Å²) in [6, 6.07) is 9.20. The summed E-state index contributed by atoms with van der Waals surface area (Å²) in [6.07, 6.45) is 1.65. The molecular formula is C17H19ClN2O3. The molecule has 0 aliphatic heterocycles. The van der Waals surface area contributed by atoms with Crippen molar-refractivity contribution in [3.63, 3.8) is 0 Å². The van der Waals surface area contributed by atoms with Crippen molar-refractivity contribution in [3.8, 4) is 17.2 Å². The summed E-state index contributed by atoms with van der Waals surface area (Å²) in [4.78, 5) is 0. The highest BCUT2D eigenvalue weighted by atomic mass is 35.5. The van der Waals surface area contributed by atoms with Gasteiger partial charge in [-0.3, -0.25) is 5.43 Å². The summed E-state index contributed by atoms with van der Waals surface area (Å²) >= 11 is 6.09. The van der Waals surface area contributed by atoms with Gasteiger partial charge in [-0.25, -0.2) is 0 Å². The van der Waals surface area contributed by atoms with Crippen LogP contribution in [-0.2, 0) is 0 Å². The van der Waals surface area contributed by atoms with Gasteiger partial charge in [0.1, 0.15) is 5.75 Å². The molecule has 0 atom stereocenters. The van der Waals surface area contributed by atoms with Gasteiger partial charge in [0.15, 0.2) is 11.5 Å². The number of ether oxygens (including phenoxy) is 3. The number of nitrogens with zero attached hydrogens (tertiary/aromatic N) is 1. The van der Waals surface area contributed by atoms with E-state index in [0.717, 1.165) is 16.8 Å². The van der Waals surface area contributed by atoms with Gasteiger partial charge < -0.3 is 14.2 Å². The number of halogens is 1. The summed E-state index contributed by atoms with van der Waals surface area (Å²) in [5.74, 6) is 1.84. The zero-order valence-electron chi connectivity index (χ0n) is 13.5. The normalized spacial score (nSPS) is 10.7. The van der Waals surface area contributed by atoms with E-state index in [1.54, 1.807) is 39.7 Å². The largest absolute Gasteiger partial charge is 0.496 e. The second kappa shape index (κ2) is 7.74. The molecule has 5 nitrogen and oxygen atoms in total. The first-order valence-corrected chi connectivity index (χ1v) is 7.32. The van der Waals surface area contributed by atoms with Crippen molar-refractivity contribution in [1.29, 1.82) is 0 Å². The van der Waals surface area contributed by atoms with Crippen LogP contribution in [-0.4, -0.2) is 27.5 Å². The van der Waals surface area contributed by atoms with Crippen LogP contribution in [0.1, 0.15) is 11.1 Å². The molecule has 0 aliphatic carbocycles. The van der Waals surface area contributed by atoms with Crippen LogP contribution in [0.5, 0.6) is 17.2 Å². The van der Waals surface area contributed by atoms with Crippen molar-refractivity contribution >= 4 is 23.5 Å². The van der Waals surface area contributed by atoms with Crippen molar-refractivity contribution in [3.05, 3.63) is 46.5 Å². The Balaban J connectivity index is 2.22. The average molecular weight is 335 g/mol. The van der Waals surface area contributed by atoms with Gasteiger partial charge in [0, 0.05) is 16.7 Å². The van der Waals surface area contributed by atoms with E-state index >= 15 is 0 Å². The molecule has 0 radical (unpaired) electrons. The molecule has 2 aromatic rings. The Morgan fingerprint density at radius 3 is 2.22 bits per heavy atom. The highest BCUT2D eigenvalue weighted by Gasteiger charge is 2.10. The van der Waals surface area contributed by atoms with Gasteiger partial charge in [0.05, 0.1) is 33.2 Å². The molecule has 0 aromatic heterocycles. The predicted octanol–water partition coefficient (Wildman–Crippen LogP) is 4.12. The first kappa shape index (κ1) is 17.0. The second-order valence-electron chi connectivity index (χ2n) is 4.78. The number of hydrogen-bond donors (Lipinski definition) is 1. The number of benzene rings is 2. The molecular weight excluding hydrogens is 316 g/mol. The van der Waals surface area contributed by atoms with E-state index in [2.05, 4.69) is 10.5 Å². The molecule has 0 aliphatic rings. The van der Waals surface area contributed by atoms with Crippen LogP contribution in [0.2, 0.25) is 5.02 Å². The van der Waals surface area contributed by atoms with Crippen LogP contribution in [0, 0.1) is 6.92 Å². The molecule has 0 saturated carbocycles. The number of aryl methyl sites for hydroxylation is 1. The van der Waals surface area contributed by atoms with E-state index in [1.807, 2.05) is 25.1 Å². The number of methoxy groups -OCH3 is 3. The lowest BCUT2D eigenvalue weighted by molar-refractivity contribution is 0.349. The van der Waals surface area contributed by atoms with Crippen LogP contribution >= 0.6 is 11.6 Å². The van der Waals surface area contributed by atoms with E-state index in [0.29, 0.717) is 22.3 Å². The summed E-state index contributed by atoms with van der Waals surface area (Å²) < 4.78 is 15.9. The first-order chi connectivity index (χ1) is 11.1. The Hall–Kier alpha value is -2.40. The molecule has 0 amide bonds. The van der Waals surface area contributed by atoms with Gasteiger partial charge in [-0.2, -0.15) is 5.10 Å². The minimum Gasteiger partial charge on any atom is -0.496 e. The third kappa shape index (κ3) is 4.07. The van der Waals surface area contributed by atoms with Crippen molar-refractivity contribution in [2.75, 3.05) is 26.8 Å². The molecule has 0 saturated heterocycles. The summed E-state index contributed by atoms with van der Waals surface area (Å²) in [6.45, 7) is 1.95. The van der Waals surface area contributed by atoms with Crippen LogP contribution in [0.4, 0.5) is 5.69 Å². The van der Waals surface area contributed by atoms with E-state index in [-0.39, 0.29) is 0 Å². The van der Waals surface area contributed by atoms with E-state index in [4.69, 9.17) is 25.8 Å². The lowest BCUT2D eigenvalue weighted by Crippen LogP contribution is -1.98. The summed E-state index contributed by atoms with van der Waals surface area (Å²) in [5, 5.41) is 4.90. The molecule has 0 fully saturated rings. The number of hydrazone groups is 1. The fraction of sp³-hybridized carbons (Fsp3) is 0.235. The molecule has 0 heterocycles. The van der Waals surface area contributed by atoms with Crippen molar-refractivity contribution in [2.24, 2.45) is 5.10 Å². The van der Waals surface area contributed by atoms with Crippen LogP contribution in [0.3, 0.4) is 0 Å². The lowest BCUT2D eigenvalue weighted by atomic mass is 10.2. The fourth-order valence-electron chi connectivity index (χ4n) is 1.99. The van der Waals surface area contributed by atoms with Gasteiger partial charge in [0.25, 0.3) is 0 Å². The molecule has 122 valence electrons. The van der Waals surface area contributed by atoms with Crippen molar-refractivity contribution in [2.45, 2.75) is 6.92 Å². The molecule has 0 spiro atoms. The maximum absolute atomic E-state index is 6.09. The smallest absolute Gasteiger partial charge is 0.164 e. The Bertz CT molecular complexity index is 717. The number of hydrogen-bond acceptors (Lipinski definition) is 5. The minimum atomic E-state index is 0.597. The Morgan fingerprint density at radius 1 is 0.957 bits per heavy atom. The fourth-order valence-corrected chi connectivity index (χ4v) is 2.17. The third-order valence-corrected chi connectivity index (χ3v) is 3.71. The van der Waals surface area contributed by atoms with Gasteiger partial charge in [0.2, 0.25) is 0 Å². The van der Waals surface area contributed by atoms with Crippen molar-refractivity contribution < 1.29 is 14.2 Å². The van der Waals surface area contributed by atoms with Crippen LogP contribution in [0.25, 0.3) is 0 Å². The van der Waals surface area contributed by atoms with E-state index in [1.165, 1.54) is 0 Å². The molecule has 0 bridgehead atoms. The zero-order chi connectivity index (χ0) is 16.8. The maximum atomic E-state index is 6.09. The monoisotopic (exact) mass is 334 g/mol. The summed E-state index contributed by atoms with van der Waals surface area (Å²) in [5.41, 5.74) is 5.51. The Morgan fingerprint density at radius 2 is 1.61 bits per heavy atom. The Labute approximate surface area is 140 Å². The van der Waals surface area contributed by atoms with Gasteiger partial charge >= 0.3 is 0 Å². The zero-order valence-corrected chi connectivity index (χ0v) is 14.3. The number of rotatable bonds is 6. The average Bonchev–Trinajstić information content (AvgIpc) is 2.57. The molecule has 2 aromatic carbocycles. The predicted molar refractivity (Wildman–Crippen MR) is 93.5 cm³/mol. The molecule has 0 unspecified atom stereocenters. The molecule has 6 heteroatoms. The third-order valence-electron chi connectivity index (χ3n) is 3.31. The van der Waals surface area contributed by atoms with Gasteiger partial charge in [-0.1, -0.05) is 17.7 Å². The van der Waals surface area contributed by atoms with Gasteiger partial charge in [-0.05, 0) is 30.7 Å². The van der Waals surface area contributed by atoms with Crippen molar-refractivity contribution in [1.82, 2.24) is 0 Å². The van der Waals surface area contributed by atoms with E-state index < -0.39 is 0 Å². The van der Waals surface area contributed by atoms with Crippen LogP contribution < -0.4 is 19.6 Å². The first-order valence-electron chi connectivity index (χ1n) is 6.94. The van der Waals surface area contributed by atoms with Gasteiger partial charge in [-0.15, -0.1) is 0 Å². The SMILES string of the molecule is COc1cc(OC)c(OC)cc1C=NNc1ccc(C)c(Cl)c1. The van der Waals surface area contributed by atoms with Crippen LogP contribution in [0.15, 0.2) is 35.4 Å². The standard InChI is InChI=1S/C17H19ClN2O3/c1-11-5-6-13(8-14(11)18)20-19-10-12-7-16(22-3)17(23-4)9-15(12)21-2/h5-10,20H,1-4H3. The number of anilines is 1. The second-order valence-corrected chi connectivity index (χ2v) is 5.19. The number of nitrogens with one attached hydrogen (secondary N) is 1. The Kier molecular flexibility index (Phi) is 5.71. The highest BCUT2D eigenvalue weighted by molar-refractivity contribution is 6.31. The minimum absolute atomic E-state index is 0.597. The lowest BCUT2D eigenvalue weighted by Gasteiger charge is -2.11. The summed E-state index contributed by atoms with van der Waals surface area (Å²) in [7, 11) is 4.75. The molecule has 2 rings (SSSR count). The maximum Gasteiger partial charge on any atom is 0.164 e. The topological polar surface area (TPSA) is 52.1 Å². The molecule has 1 N–H and O–H groups in total. The highest BCUT2D eigenvalue weighted by Crippen LogP contribution is 2.33. The molecule has 23 heavy (non-hydrogen) atoms.